The summed E-state index contributed by atoms with van der Waals surface area (Å²) < 4.78 is 5.69. The van der Waals surface area contributed by atoms with Gasteiger partial charge in [-0.25, -0.2) is 0 Å². The van der Waals surface area contributed by atoms with Crippen LogP contribution in [0.2, 0.25) is 0 Å². The fraction of sp³-hybridized carbons (Fsp3) is 0.533. The third-order valence-electron chi connectivity index (χ3n) is 2.96. The Morgan fingerprint density at radius 3 is 2.74 bits per heavy atom. The number of carboxylic acids is 1. The van der Waals surface area contributed by atoms with Crippen LogP contribution in [-0.4, -0.2) is 30.3 Å². The van der Waals surface area contributed by atoms with Gasteiger partial charge in [-0.2, -0.15) is 0 Å². The van der Waals surface area contributed by atoms with Crippen LogP contribution in [0.3, 0.4) is 0 Å². The molecule has 4 nitrogen and oxygen atoms in total. The molecule has 106 valence electrons. The normalized spacial score (nSPS) is 12.1. The van der Waals surface area contributed by atoms with E-state index >= 15 is 0 Å². The number of aliphatic carboxylic acids is 1. The highest BCUT2D eigenvalue weighted by Crippen LogP contribution is 2.18. The summed E-state index contributed by atoms with van der Waals surface area (Å²) in [7, 11) is 0. The molecule has 0 bridgehead atoms. The summed E-state index contributed by atoms with van der Waals surface area (Å²) in [6.45, 7) is 5.21. The van der Waals surface area contributed by atoms with E-state index in [2.05, 4.69) is 12.2 Å². The second-order valence-electron chi connectivity index (χ2n) is 4.44. The van der Waals surface area contributed by atoms with Crippen LogP contribution < -0.4 is 10.1 Å². The van der Waals surface area contributed by atoms with E-state index in [0.29, 0.717) is 19.6 Å². The standard InChI is InChI=1S/C15H23NO3/c1-3-10-16-13(15(17)18)9-11-19-14-8-6-5-7-12(14)4-2/h5-8,13,16H,3-4,9-11H2,1-2H3,(H,17,18). The van der Waals surface area contributed by atoms with E-state index in [4.69, 9.17) is 9.84 Å². The Hall–Kier alpha value is -1.55. The number of nitrogens with one attached hydrogen (secondary N) is 1. The highest BCUT2D eigenvalue weighted by atomic mass is 16.5. The van der Waals surface area contributed by atoms with Gasteiger partial charge in [0.05, 0.1) is 6.61 Å². The first-order chi connectivity index (χ1) is 9.19. The summed E-state index contributed by atoms with van der Waals surface area (Å²) in [4.78, 5) is 11.1. The zero-order chi connectivity index (χ0) is 14.1. The minimum Gasteiger partial charge on any atom is -0.493 e. The van der Waals surface area contributed by atoms with Crippen LogP contribution in [0.15, 0.2) is 24.3 Å². The van der Waals surface area contributed by atoms with Gasteiger partial charge in [0, 0.05) is 6.42 Å². The Labute approximate surface area is 114 Å². The topological polar surface area (TPSA) is 58.6 Å². The molecule has 1 aromatic carbocycles. The molecule has 0 aromatic heterocycles. The predicted molar refractivity (Wildman–Crippen MR) is 75.6 cm³/mol. The van der Waals surface area contributed by atoms with Crippen LogP contribution in [0.25, 0.3) is 0 Å². The smallest absolute Gasteiger partial charge is 0.320 e. The molecule has 0 amide bonds. The summed E-state index contributed by atoms with van der Waals surface area (Å²) >= 11 is 0. The molecule has 1 aromatic rings. The van der Waals surface area contributed by atoms with Gasteiger partial charge < -0.3 is 15.2 Å². The van der Waals surface area contributed by atoms with Crippen molar-refractivity contribution in [3.05, 3.63) is 29.8 Å². The van der Waals surface area contributed by atoms with E-state index in [1.807, 2.05) is 31.2 Å². The molecule has 0 spiro atoms. The largest absolute Gasteiger partial charge is 0.493 e. The van der Waals surface area contributed by atoms with Crippen LogP contribution >= 0.6 is 0 Å². The predicted octanol–water partition coefficient (Wildman–Crippen LogP) is 2.47. The van der Waals surface area contributed by atoms with Crippen molar-refractivity contribution in [2.24, 2.45) is 0 Å². The van der Waals surface area contributed by atoms with Crippen molar-refractivity contribution in [3.63, 3.8) is 0 Å². The molecule has 0 aliphatic carbocycles. The molecule has 4 heteroatoms. The van der Waals surface area contributed by atoms with E-state index in [0.717, 1.165) is 24.2 Å². The second kappa shape index (κ2) is 8.53. The van der Waals surface area contributed by atoms with Crippen LogP contribution in [0.5, 0.6) is 5.75 Å². The number of hydrogen-bond donors (Lipinski definition) is 2. The van der Waals surface area contributed by atoms with Crippen molar-refractivity contribution < 1.29 is 14.6 Å². The van der Waals surface area contributed by atoms with Gasteiger partial charge in [0.2, 0.25) is 0 Å². The lowest BCUT2D eigenvalue weighted by Crippen LogP contribution is -2.38. The van der Waals surface area contributed by atoms with Gasteiger partial charge in [0.1, 0.15) is 11.8 Å². The number of carbonyl (C=O) groups is 1. The highest BCUT2D eigenvalue weighted by molar-refractivity contribution is 5.73. The van der Waals surface area contributed by atoms with E-state index in [1.165, 1.54) is 0 Å². The van der Waals surface area contributed by atoms with Crippen molar-refractivity contribution in [2.45, 2.75) is 39.2 Å². The molecule has 1 rings (SSSR count). The molecule has 1 atom stereocenters. The van der Waals surface area contributed by atoms with Gasteiger partial charge in [0.25, 0.3) is 0 Å². The molecule has 0 aliphatic heterocycles. The van der Waals surface area contributed by atoms with E-state index < -0.39 is 12.0 Å². The summed E-state index contributed by atoms with van der Waals surface area (Å²) in [5.41, 5.74) is 1.15. The number of hydrogen-bond acceptors (Lipinski definition) is 3. The fourth-order valence-corrected chi connectivity index (χ4v) is 1.85. The highest BCUT2D eigenvalue weighted by Gasteiger charge is 2.16. The number of benzene rings is 1. The monoisotopic (exact) mass is 265 g/mol. The molecule has 0 saturated heterocycles. The third-order valence-corrected chi connectivity index (χ3v) is 2.96. The Morgan fingerprint density at radius 2 is 2.11 bits per heavy atom. The van der Waals surface area contributed by atoms with Crippen molar-refractivity contribution in [3.8, 4) is 5.75 Å². The number of carboxylic acid groups (broad SMARTS) is 1. The SMILES string of the molecule is CCCNC(CCOc1ccccc1CC)C(=O)O. The van der Waals surface area contributed by atoms with Crippen LogP contribution in [0, 0.1) is 0 Å². The number of aryl methyl sites for hydroxylation is 1. The Morgan fingerprint density at radius 1 is 1.37 bits per heavy atom. The van der Waals surface area contributed by atoms with E-state index in [9.17, 15) is 4.79 Å². The Bertz CT molecular complexity index is 393. The lowest BCUT2D eigenvalue weighted by molar-refractivity contribution is -0.139. The number of rotatable bonds is 9. The maximum atomic E-state index is 11.1. The first kappa shape index (κ1) is 15.5. The van der Waals surface area contributed by atoms with Crippen molar-refractivity contribution in [1.82, 2.24) is 5.32 Å². The van der Waals surface area contributed by atoms with E-state index in [1.54, 1.807) is 0 Å². The molecule has 1 unspecified atom stereocenters. The summed E-state index contributed by atoms with van der Waals surface area (Å²) in [5, 5.41) is 12.1. The first-order valence-corrected chi connectivity index (χ1v) is 6.85. The van der Waals surface area contributed by atoms with Crippen LogP contribution in [-0.2, 0) is 11.2 Å². The van der Waals surface area contributed by atoms with Crippen LogP contribution in [0.1, 0.15) is 32.3 Å². The summed E-state index contributed by atoms with van der Waals surface area (Å²) in [6, 6.07) is 7.33. The molecule has 0 heterocycles. The van der Waals surface area contributed by atoms with Gasteiger partial charge in [0.15, 0.2) is 0 Å². The molecule has 19 heavy (non-hydrogen) atoms. The van der Waals surface area contributed by atoms with Gasteiger partial charge in [-0.15, -0.1) is 0 Å². The lowest BCUT2D eigenvalue weighted by atomic mass is 10.1. The Balaban J connectivity index is 2.45. The van der Waals surface area contributed by atoms with Gasteiger partial charge >= 0.3 is 5.97 Å². The zero-order valence-corrected chi connectivity index (χ0v) is 11.7. The van der Waals surface area contributed by atoms with E-state index in [-0.39, 0.29) is 0 Å². The molecule has 0 aliphatic rings. The molecular weight excluding hydrogens is 242 g/mol. The summed E-state index contributed by atoms with van der Waals surface area (Å²) in [6.07, 6.45) is 2.29. The second-order valence-corrected chi connectivity index (χ2v) is 4.44. The maximum absolute atomic E-state index is 11.1. The number of ether oxygens (including phenoxy) is 1. The number of para-hydroxylation sites is 1. The van der Waals surface area contributed by atoms with Crippen LogP contribution in [0.4, 0.5) is 0 Å². The van der Waals surface area contributed by atoms with Crippen molar-refractivity contribution >= 4 is 5.97 Å². The summed E-state index contributed by atoms with van der Waals surface area (Å²) in [5.74, 6) is 0.0328. The quantitative estimate of drug-likeness (QED) is 0.720. The maximum Gasteiger partial charge on any atom is 0.320 e. The zero-order valence-electron chi connectivity index (χ0n) is 11.7. The average molecular weight is 265 g/mol. The van der Waals surface area contributed by atoms with Crippen molar-refractivity contribution in [1.29, 1.82) is 0 Å². The molecule has 0 saturated carbocycles. The molecule has 0 fully saturated rings. The third kappa shape index (κ3) is 5.30. The molecular formula is C15H23NO3. The minimum atomic E-state index is -0.819. The molecule has 0 radical (unpaired) electrons. The van der Waals surface area contributed by atoms with Crippen molar-refractivity contribution in [2.75, 3.05) is 13.2 Å². The van der Waals surface area contributed by atoms with Gasteiger partial charge in [-0.1, -0.05) is 32.0 Å². The Kier molecular flexibility index (Phi) is 6.97. The lowest BCUT2D eigenvalue weighted by Gasteiger charge is -2.15. The minimum absolute atomic E-state index is 0.407. The van der Waals surface area contributed by atoms with Gasteiger partial charge in [-0.3, -0.25) is 4.79 Å². The first-order valence-electron chi connectivity index (χ1n) is 6.85. The molecule has 2 N–H and O–H groups in total. The van der Waals surface area contributed by atoms with Gasteiger partial charge in [-0.05, 0) is 31.0 Å². The fourth-order valence-electron chi connectivity index (χ4n) is 1.85. The average Bonchev–Trinajstić information content (AvgIpc) is 2.42.